The van der Waals surface area contributed by atoms with Gasteiger partial charge in [0.25, 0.3) is 5.56 Å². The number of nitrogens with zero attached hydrogens (tertiary/aromatic N) is 1. The van der Waals surface area contributed by atoms with Gasteiger partial charge in [-0.25, -0.2) is 0 Å². The Labute approximate surface area is 103 Å². The standard InChI is InChI=1S/C14H10N2O2/c15-6-10-5-12-11-4-2-1-3-9(11)7-18-8-13(12)16-14(10)17/h1-5H,7-8H2,(H,16,17). The number of fused-ring (bicyclic) bond motifs is 3. The van der Waals surface area contributed by atoms with Gasteiger partial charge < -0.3 is 9.72 Å². The molecule has 0 radical (unpaired) electrons. The number of aromatic amines is 1. The summed E-state index contributed by atoms with van der Waals surface area (Å²) in [7, 11) is 0. The van der Waals surface area contributed by atoms with E-state index in [-0.39, 0.29) is 11.1 Å². The maximum atomic E-state index is 11.6. The molecule has 1 N–H and O–H groups in total. The number of hydrogen-bond donors (Lipinski definition) is 1. The van der Waals surface area contributed by atoms with E-state index in [1.165, 1.54) is 0 Å². The summed E-state index contributed by atoms with van der Waals surface area (Å²) in [5, 5.41) is 8.94. The summed E-state index contributed by atoms with van der Waals surface area (Å²) >= 11 is 0. The van der Waals surface area contributed by atoms with E-state index < -0.39 is 0 Å². The summed E-state index contributed by atoms with van der Waals surface area (Å²) in [6, 6.07) is 11.4. The van der Waals surface area contributed by atoms with Gasteiger partial charge in [-0.05, 0) is 17.2 Å². The summed E-state index contributed by atoms with van der Waals surface area (Å²) in [6.45, 7) is 0.861. The Morgan fingerprint density at radius 2 is 2.06 bits per heavy atom. The van der Waals surface area contributed by atoms with Crippen molar-refractivity contribution in [3.05, 3.63) is 57.5 Å². The maximum Gasteiger partial charge on any atom is 0.266 e. The Morgan fingerprint density at radius 1 is 1.22 bits per heavy atom. The van der Waals surface area contributed by atoms with E-state index in [1.54, 1.807) is 6.07 Å². The lowest BCUT2D eigenvalue weighted by molar-refractivity contribution is 0.107. The van der Waals surface area contributed by atoms with Crippen LogP contribution in [0.4, 0.5) is 0 Å². The van der Waals surface area contributed by atoms with Gasteiger partial charge in [0.2, 0.25) is 0 Å². The van der Waals surface area contributed by atoms with Crippen molar-refractivity contribution in [3.8, 4) is 17.2 Å². The van der Waals surface area contributed by atoms with Crippen molar-refractivity contribution >= 4 is 0 Å². The van der Waals surface area contributed by atoms with Crippen molar-refractivity contribution in [2.45, 2.75) is 13.2 Å². The van der Waals surface area contributed by atoms with E-state index in [9.17, 15) is 4.79 Å². The van der Waals surface area contributed by atoms with Crippen LogP contribution in [0.1, 0.15) is 16.8 Å². The van der Waals surface area contributed by atoms with Crippen molar-refractivity contribution in [2.75, 3.05) is 0 Å². The lowest BCUT2D eigenvalue weighted by atomic mass is 9.98. The van der Waals surface area contributed by atoms with Crippen molar-refractivity contribution in [3.63, 3.8) is 0 Å². The number of rotatable bonds is 0. The van der Waals surface area contributed by atoms with Gasteiger partial charge in [0.15, 0.2) is 0 Å². The molecule has 1 aliphatic rings. The molecule has 4 nitrogen and oxygen atoms in total. The Hall–Kier alpha value is -2.38. The molecule has 3 rings (SSSR count). The van der Waals surface area contributed by atoms with Crippen LogP contribution in [0.15, 0.2) is 35.1 Å². The van der Waals surface area contributed by atoms with Crippen LogP contribution in [0.5, 0.6) is 0 Å². The minimum absolute atomic E-state index is 0.130. The van der Waals surface area contributed by atoms with E-state index in [0.29, 0.717) is 13.2 Å². The zero-order valence-electron chi connectivity index (χ0n) is 9.56. The lowest BCUT2D eigenvalue weighted by Gasteiger charge is -2.07. The fourth-order valence-electron chi connectivity index (χ4n) is 2.18. The highest BCUT2D eigenvalue weighted by Crippen LogP contribution is 2.30. The first kappa shape index (κ1) is 10.8. The number of ether oxygens (including phenoxy) is 1. The number of nitrogens with one attached hydrogen (secondary N) is 1. The molecule has 1 aromatic carbocycles. The summed E-state index contributed by atoms with van der Waals surface area (Å²) in [5.74, 6) is 0. The molecular formula is C14H10N2O2. The first-order chi connectivity index (χ1) is 8.79. The second-order valence-electron chi connectivity index (χ2n) is 4.17. The normalized spacial score (nSPS) is 13.1. The second-order valence-corrected chi connectivity index (χ2v) is 4.17. The second kappa shape index (κ2) is 4.13. The number of pyridine rings is 1. The van der Waals surface area contributed by atoms with Crippen LogP contribution in [0.3, 0.4) is 0 Å². The Balaban J connectivity index is 2.33. The molecule has 88 valence electrons. The first-order valence-corrected chi connectivity index (χ1v) is 5.62. The molecule has 0 saturated heterocycles. The number of benzene rings is 1. The van der Waals surface area contributed by atoms with E-state index in [1.807, 2.05) is 30.3 Å². The zero-order valence-corrected chi connectivity index (χ0v) is 9.56. The van der Waals surface area contributed by atoms with Gasteiger partial charge in [0, 0.05) is 5.56 Å². The van der Waals surface area contributed by atoms with E-state index >= 15 is 0 Å². The molecule has 4 heteroatoms. The van der Waals surface area contributed by atoms with Gasteiger partial charge in [-0.2, -0.15) is 5.26 Å². The largest absolute Gasteiger partial charge is 0.371 e. The van der Waals surface area contributed by atoms with Crippen molar-refractivity contribution in [2.24, 2.45) is 0 Å². The van der Waals surface area contributed by atoms with Crippen LogP contribution in [-0.4, -0.2) is 4.98 Å². The fraction of sp³-hybridized carbons (Fsp3) is 0.143. The number of H-pyrrole nitrogens is 1. The predicted octanol–water partition coefficient (Wildman–Crippen LogP) is 1.94. The highest BCUT2D eigenvalue weighted by atomic mass is 16.5. The van der Waals surface area contributed by atoms with Crippen LogP contribution in [0.25, 0.3) is 11.1 Å². The molecule has 0 fully saturated rings. The van der Waals surface area contributed by atoms with Gasteiger partial charge in [0.05, 0.1) is 18.9 Å². The van der Waals surface area contributed by atoms with Gasteiger partial charge in [-0.15, -0.1) is 0 Å². The molecule has 1 aromatic heterocycles. The Kier molecular flexibility index (Phi) is 2.47. The molecule has 0 aliphatic carbocycles. The van der Waals surface area contributed by atoms with Gasteiger partial charge in [0.1, 0.15) is 11.6 Å². The minimum Gasteiger partial charge on any atom is -0.371 e. The highest BCUT2D eigenvalue weighted by molar-refractivity contribution is 5.71. The summed E-state index contributed by atoms with van der Waals surface area (Å²) < 4.78 is 5.52. The van der Waals surface area contributed by atoms with E-state index in [2.05, 4.69) is 4.98 Å². The van der Waals surface area contributed by atoms with Crippen molar-refractivity contribution < 1.29 is 4.74 Å². The Morgan fingerprint density at radius 3 is 2.89 bits per heavy atom. The van der Waals surface area contributed by atoms with Gasteiger partial charge in [-0.3, -0.25) is 4.79 Å². The topological polar surface area (TPSA) is 65.9 Å². The van der Waals surface area contributed by atoms with E-state index in [0.717, 1.165) is 22.4 Å². The van der Waals surface area contributed by atoms with Crippen LogP contribution >= 0.6 is 0 Å². The molecule has 0 unspecified atom stereocenters. The summed E-state index contributed by atoms with van der Waals surface area (Å²) in [6.07, 6.45) is 0. The molecule has 0 atom stereocenters. The highest BCUT2D eigenvalue weighted by Gasteiger charge is 2.16. The summed E-state index contributed by atoms with van der Waals surface area (Å²) in [4.78, 5) is 14.3. The summed E-state index contributed by atoms with van der Waals surface area (Å²) in [5.41, 5.74) is 3.44. The SMILES string of the molecule is N#Cc1cc2c([nH]c1=O)COCc1ccccc1-2. The third-order valence-corrected chi connectivity index (χ3v) is 3.05. The lowest BCUT2D eigenvalue weighted by Crippen LogP contribution is -2.13. The number of hydrogen-bond acceptors (Lipinski definition) is 3. The number of aromatic nitrogens is 1. The molecule has 2 heterocycles. The van der Waals surface area contributed by atoms with Crippen LogP contribution in [-0.2, 0) is 18.0 Å². The fourth-order valence-corrected chi connectivity index (χ4v) is 2.18. The molecule has 18 heavy (non-hydrogen) atoms. The average molecular weight is 238 g/mol. The van der Waals surface area contributed by atoms with Crippen LogP contribution < -0.4 is 5.56 Å². The zero-order chi connectivity index (χ0) is 12.5. The van der Waals surface area contributed by atoms with Crippen LogP contribution in [0, 0.1) is 11.3 Å². The first-order valence-electron chi connectivity index (χ1n) is 5.62. The third kappa shape index (κ3) is 1.62. The smallest absolute Gasteiger partial charge is 0.266 e. The Bertz CT molecular complexity index is 710. The van der Waals surface area contributed by atoms with Crippen LogP contribution in [0.2, 0.25) is 0 Å². The van der Waals surface area contributed by atoms with Crippen molar-refractivity contribution in [1.82, 2.24) is 4.98 Å². The van der Waals surface area contributed by atoms with Crippen molar-refractivity contribution in [1.29, 1.82) is 5.26 Å². The van der Waals surface area contributed by atoms with Gasteiger partial charge in [-0.1, -0.05) is 24.3 Å². The predicted molar refractivity (Wildman–Crippen MR) is 65.7 cm³/mol. The molecule has 0 bridgehead atoms. The average Bonchev–Trinajstić information content (AvgIpc) is 2.56. The molecule has 1 aliphatic heterocycles. The molecule has 2 aromatic rings. The molecular weight excluding hydrogens is 228 g/mol. The number of nitriles is 1. The van der Waals surface area contributed by atoms with E-state index in [4.69, 9.17) is 10.00 Å². The molecule has 0 spiro atoms. The third-order valence-electron chi connectivity index (χ3n) is 3.05. The maximum absolute atomic E-state index is 11.6. The van der Waals surface area contributed by atoms with Gasteiger partial charge >= 0.3 is 0 Å². The quantitative estimate of drug-likeness (QED) is 0.762. The molecule has 0 amide bonds. The monoisotopic (exact) mass is 238 g/mol. The molecule has 0 saturated carbocycles. The minimum atomic E-state index is -0.362.